The first-order valence-electron chi connectivity index (χ1n) is 6.87. The van der Waals surface area contributed by atoms with Crippen LogP contribution in [-0.4, -0.2) is 36.0 Å². The fourth-order valence-electron chi connectivity index (χ4n) is 2.46. The second kappa shape index (κ2) is 5.27. The molecule has 3 rings (SSSR count). The van der Waals surface area contributed by atoms with Crippen LogP contribution in [0.5, 0.6) is 0 Å². The zero-order valence-electron chi connectivity index (χ0n) is 11.9. The molecule has 0 unspecified atom stereocenters. The molecule has 3 heterocycles. The molecule has 2 aromatic rings. The first-order chi connectivity index (χ1) is 9.96. The number of aromatic nitrogens is 2. The Labute approximate surface area is 123 Å². The Morgan fingerprint density at radius 1 is 1.29 bits per heavy atom. The lowest BCUT2D eigenvalue weighted by Crippen LogP contribution is -2.38. The van der Waals surface area contributed by atoms with Gasteiger partial charge in [-0.05, 0) is 30.9 Å². The number of hydrogen-bond donors (Lipinski definition) is 0. The highest BCUT2D eigenvalue weighted by atomic mass is 32.2. The SMILES string of the molecule is Cc1nnc(-c2ccc(S(=O)(=O)N3CCC[C@@H](C)C3)o2)o1. The minimum Gasteiger partial charge on any atom is -0.438 e. The van der Waals surface area contributed by atoms with E-state index < -0.39 is 10.0 Å². The second-order valence-corrected chi connectivity index (χ2v) is 7.22. The van der Waals surface area contributed by atoms with Crippen LogP contribution in [0.25, 0.3) is 11.7 Å². The first kappa shape index (κ1) is 14.3. The van der Waals surface area contributed by atoms with Crippen molar-refractivity contribution in [3.8, 4) is 11.7 Å². The minimum absolute atomic E-state index is 0.0811. The van der Waals surface area contributed by atoms with E-state index in [1.165, 1.54) is 16.4 Å². The van der Waals surface area contributed by atoms with E-state index in [2.05, 4.69) is 17.1 Å². The van der Waals surface area contributed by atoms with Crippen LogP contribution < -0.4 is 0 Å². The van der Waals surface area contributed by atoms with Gasteiger partial charge in [-0.25, -0.2) is 8.42 Å². The van der Waals surface area contributed by atoms with Gasteiger partial charge in [0.25, 0.3) is 15.9 Å². The van der Waals surface area contributed by atoms with Gasteiger partial charge in [0.15, 0.2) is 5.76 Å². The van der Waals surface area contributed by atoms with Crippen molar-refractivity contribution in [1.29, 1.82) is 0 Å². The van der Waals surface area contributed by atoms with Gasteiger partial charge in [-0.1, -0.05) is 6.92 Å². The summed E-state index contributed by atoms with van der Waals surface area (Å²) in [6.07, 6.45) is 1.92. The van der Waals surface area contributed by atoms with Gasteiger partial charge in [0.05, 0.1) is 0 Å². The normalized spacial score (nSPS) is 20.8. The quantitative estimate of drug-likeness (QED) is 0.862. The van der Waals surface area contributed by atoms with E-state index in [1.807, 2.05) is 0 Å². The lowest BCUT2D eigenvalue weighted by Gasteiger charge is -2.29. The van der Waals surface area contributed by atoms with Crippen LogP contribution in [0.2, 0.25) is 0 Å². The standard InChI is InChI=1S/C13H17N3O4S/c1-9-4-3-7-16(8-9)21(17,18)12-6-5-11(20-12)13-15-14-10(2)19-13/h5-6,9H,3-4,7-8H2,1-2H3/t9-/m1/s1. The van der Waals surface area contributed by atoms with E-state index in [9.17, 15) is 8.42 Å². The summed E-state index contributed by atoms with van der Waals surface area (Å²) in [5, 5.41) is 7.43. The highest BCUT2D eigenvalue weighted by Crippen LogP contribution is 2.28. The lowest BCUT2D eigenvalue weighted by atomic mass is 10.0. The molecule has 0 aliphatic carbocycles. The van der Waals surface area contributed by atoms with Gasteiger partial charge in [-0.15, -0.1) is 10.2 Å². The average Bonchev–Trinajstić information content (AvgIpc) is 3.07. The number of rotatable bonds is 3. The van der Waals surface area contributed by atoms with Crippen LogP contribution in [0.15, 0.2) is 26.1 Å². The molecular formula is C13H17N3O4S. The van der Waals surface area contributed by atoms with Gasteiger partial charge < -0.3 is 8.83 Å². The Balaban J connectivity index is 1.88. The molecule has 7 nitrogen and oxygen atoms in total. The lowest BCUT2D eigenvalue weighted by molar-refractivity contribution is 0.275. The van der Waals surface area contributed by atoms with E-state index in [-0.39, 0.29) is 16.7 Å². The summed E-state index contributed by atoms with van der Waals surface area (Å²) in [6.45, 7) is 4.77. The second-order valence-electron chi connectivity index (χ2n) is 5.36. The van der Waals surface area contributed by atoms with Crippen LogP contribution in [0, 0.1) is 12.8 Å². The number of aryl methyl sites for hydroxylation is 1. The molecule has 0 aromatic carbocycles. The van der Waals surface area contributed by atoms with Gasteiger partial charge in [-0.3, -0.25) is 0 Å². The Bertz CT molecular complexity index is 734. The summed E-state index contributed by atoms with van der Waals surface area (Å²) >= 11 is 0. The van der Waals surface area contributed by atoms with Gasteiger partial charge in [-0.2, -0.15) is 4.31 Å². The zero-order valence-corrected chi connectivity index (χ0v) is 12.8. The number of furan rings is 1. The summed E-state index contributed by atoms with van der Waals surface area (Å²) in [5.41, 5.74) is 0. The Kier molecular flexibility index (Phi) is 3.58. The first-order valence-corrected chi connectivity index (χ1v) is 8.31. The molecule has 0 spiro atoms. The van der Waals surface area contributed by atoms with E-state index in [0.717, 1.165) is 12.8 Å². The Morgan fingerprint density at radius 3 is 2.76 bits per heavy atom. The van der Waals surface area contributed by atoms with Gasteiger partial charge >= 0.3 is 0 Å². The van der Waals surface area contributed by atoms with E-state index in [0.29, 0.717) is 24.9 Å². The van der Waals surface area contributed by atoms with E-state index in [1.54, 1.807) is 6.92 Å². The largest absolute Gasteiger partial charge is 0.438 e. The molecule has 1 atom stereocenters. The molecular weight excluding hydrogens is 294 g/mol. The summed E-state index contributed by atoms with van der Waals surface area (Å²) in [5.74, 6) is 1.21. The zero-order chi connectivity index (χ0) is 15.0. The van der Waals surface area contributed by atoms with E-state index >= 15 is 0 Å². The highest BCUT2D eigenvalue weighted by Gasteiger charge is 2.31. The van der Waals surface area contributed by atoms with Gasteiger partial charge in [0.1, 0.15) is 0 Å². The van der Waals surface area contributed by atoms with Gasteiger partial charge in [0.2, 0.25) is 11.0 Å². The molecule has 1 aliphatic rings. The van der Waals surface area contributed by atoms with Crippen molar-refractivity contribution in [3.05, 3.63) is 18.0 Å². The average molecular weight is 311 g/mol. The van der Waals surface area contributed by atoms with Crippen LogP contribution in [0.4, 0.5) is 0 Å². The van der Waals surface area contributed by atoms with Crippen LogP contribution in [0.3, 0.4) is 0 Å². The van der Waals surface area contributed by atoms with Crippen molar-refractivity contribution in [1.82, 2.24) is 14.5 Å². The molecule has 1 saturated heterocycles. The molecule has 1 fully saturated rings. The maximum absolute atomic E-state index is 12.5. The number of piperidine rings is 1. The van der Waals surface area contributed by atoms with Crippen molar-refractivity contribution in [2.24, 2.45) is 5.92 Å². The predicted octanol–water partition coefficient (Wildman–Crippen LogP) is 2.06. The van der Waals surface area contributed by atoms with Crippen LogP contribution >= 0.6 is 0 Å². The molecule has 0 amide bonds. The fourth-order valence-corrected chi connectivity index (χ4v) is 3.97. The molecule has 8 heteroatoms. The molecule has 114 valence electrons. The molecule has 1 aliphatic heterocycles. The summed E-state index contributed by atoms with van der Waals surface area (Å²) in [7, 11) is -3.60. The molecule has 0 bridgehead atoms. The van der Waals surface area contributed by atoms with Crippen molar-refractivity contribution in [3.63, 3.8) is 0 Å². The topological polar surface area (TPSA) is 89.4 Å². The van der Waals surface area contributed by atoms with E-state index in [4.69, 9.17) is 8.83 Å². The maximum atomic E-state index is 12.5. The summed E-state index contributed by atoms with van der Waals surface area (Å²) in [4.78, 5) is 0. The third kappa shape index (κ3) is 2.73. The molecule has 0 radical (unpaired) electrons. The monoisotopic (exact) mass is 311 g/mol. The van der Waals surface area contributed by atoms with Crippen molar-refractivity contribution < 1.29 is 17.3 Å². The predicted molar refractivity (Wildman–Crippen MR) is 73.9 cm³/mol. The molecule has 0 saturated carbocycles. The smallest absolute Gasteiger partial charge is 0.283 e. The van der Waals surface area contributed by atoms with Crippen LogP contribution in [0.1, 0.15) is 25.7 Å². The Hall–Kier alpha value is -1.67. The fraction of sp³-hybridized carbons (Fsp3) is 0.538. The summed E-state index contributed by atoms with van der Waals surface area (Å²) in [6, 6.07) is 2.97. The molecule has 2 aromatic heterocycles. The number of hydrogen-bond acceptors (Lipinski definition) is 6. The Morgan fingerprint density at radius 2 is 2.10 bits per heavy atom. The molecule has 21 heavy (non-hydrogen) atoms. The van der Waals surface area contributed by atoms with Crippen LogP contribution in [-0.2, 0) is 10.0 Å². The van der Waals surface area contributed by atoms with Crippen molar-refractivity contribution >= 4 is 10.0 Å². The highest BCUT2D eigenvalue weighted by molar-refractivity contribution is 7.89. The third-order valence-corrected chi connectivity index (χ3v) is 5.27. The van der Waals surface area contributed by atoms with Crippen molar-refractivity contribution in [2.75, 3.05) is 13.1 Å². The third-order valence-electron chi connectivity index (χ3n) is 3.53. The minimum atomic E-state index is -3.60. The summed E-state index contributed by atoms with van der Waals surface area (Å²) < 4.78 is 37.2. The number of sulfonamides is 1. The molecule has 0 N–H and O–H groups in total. The van der Waals surface area contributed by atoms with Crippen molar-refractivity contribution in [2.45, 2.75) is 31.8 Å². The maximum Gasteiger partial charge on any atom is 0.283 e. The number of nitrogens with zero attached hydrogens (tertiary/aromatic N) is 3. The van der Waals surface area contributed by atoms with Gasteiger partial charge in [0, 0.05) is 20.0 Å².